The normalized spacial score (nSPS) is 10.9. The lowest BCUT2D eigenvalue weighted by Gasteiger charge is -1.97. The first-order valence-corrected chi connectivity index (χ1v) is 5.81. The zero-order valence-electron chi connectivity index (χ0n) is 7.98. The van der Waals surface area contributed by atoms with Gasteiger partial charge in [-0.05, 0) is 31.9 Å². The fraction of sp³-hybridized carbons (Fsp3) is 0.250. The first-order valence-electron chi connectivity index (χ1n) is 4.22. The number of halogens is 2. The van der Waals surface area contributed by atoms with Crippen LogP contribution < -0.4 is 5.73 Å². The Labute approximate surface area is 104 Å². The molecule has 2 heterocycles. The van der Waals surface area contributed by atoms with E-state index in [-0.39, 0.29) is 0 Å². The lowest BCUT2D eigenvalue weighted by Crippen LogP contribution is -2.03. The molecule has 0 radical (unpaired) electrons. The van der Waals surface area contributed by atoms with Gasteiger partial charge < -0.3 is 5.73 Å². The maximum absolute atomic E-state index is 5.62. The molecule has 0 aliphatic rings. The second-order valence-electron chi connectivity index (χ2n) is 3.16. The maximum Gasteiger partial charge on any atom is 0.159 e. The van der Waals surface area contributed by atoms with Crippen molar-refractivity contribution in [3.8, 4) is 0 Å². The Balaban J connectivity index is 2.25. The van der Waals surface area contributed by atoms with Crippen molar-refractivity contribution >= 4 is 37.7 Å². The maximum atomic E-state index is 5.62. The van der Waals surface area contributed by atoms with E-state index < -0.39 is 0 Å². The van der Waals surface area contributed by atoms with Crippen LogP contribution in [0.1, 0.15) is 5.69 Å². The van der Waals surface area contributed by atoms with E-state index in [1.807, 2.05) is 19.4 Å². The number of hydrogen-bond donors (Lipinski definition) is 1. The summed E-state index contributed by atoms with van der Waals surface area (Å²) in [6, 6.07) is 0. The van der Waals surface area contributed by atoms with Crippen molar-refractivity contribution in [2.75, 3.05) is 5.73 Å². The Hall–Kier alpha value is -0.820. The van der Waals surface area contributed by atoms with Crippen molar-refractivity contribution in [2.24, 2.45) is 7.05 Å². The molecule has 2 aromatic heterocycles. The number of anilines is 1. The molecule has 2 rings (SSSR count). The molecule has 0 saturated heterocycles. The highest BCUT2D eigenvalue weighted by Gasteiger charge is 2.08. The second kappa shape index (κ2) is 3.97. The third-order valence-electron chi connectivity index (χ3n) is 1.91. The largest absolute Gasteiger partial charge is 0.381 e. The van der Waals surface area contributed by atoms with Crippen molar-refractivity contribution in [3.63, 3.8) is 0 Å². The summed E-state index contributed by atoms with van der Waals surface area (Å²) < 4.78 is 5.26. The zero-order valence-corrected chi connectivity index (χ0v) is 11.2. The van der Waals surface area contributed by atoms with Crippen LogP contribution in [-0.4, -0.2) is 19.6 Å². The molecule has 0 saturated carbocycles. The van der Waals surface area contributed by atoms with E-state index in [9.17, 15) is 0 Å². The smallest absolute Gasteiger partial charge is 0.159 e. The molecule has 80 valence electrons. The Morgan fingerprint density at radius 2 is 2.00 bits per heavy atom. The fourth-order valence-corrected chi connectivity index (χ4v) is 2.08. The van der Waals surface area contributed by atoms with Crippen LogP contribution >= 0.6 is 31.9 Å². The molecule has 0 atom stereocenters. The Bertz CT molecular complexity index is 468. The molecule has 7 heteroatoms. The first-order chi connectivity index (χ1) is 7.06. The van der Waals surface area contributed by atoms with Gasteiger partial charge >= 0.3 is 0 Å². The molecule has 15 heavy (non-hydrogen) atoms. The molecule has 0 aliphatic carbocycles. The van der Waals surface area contributed by atoms with Gasteiger partial charge in [0.15, 0.2) is 5.82 Å². The number of nitrogens with two attached hydrogens (primary N) is 1. The molecule has 0 unspecified atom stereocenters. The predicted octanol–water partition coefficient (Wildman–Crippen LogP) is 1.77. The number of rotatable bonds is 2. The number of aromatic nitrogens is 4. The van der Waals surface area contributed by atoms with E-state index in [1.54, 1.807) is 9.36 Å². The highest BCUT2D eigenvalue weighted by molar-refractivity contribution is 9.10. The van der Waals surface area contributed by atoms with Crippen LogP contribution in [0.5, 0.6) is 0 Å². The third kappa shape index (κ3) is 2.23. The monoisotopic (exact) mass is 333 g/mol. The molecule has 0 fully saturated rings. The average Bonchev–Trinajstić information content (AvgIpc) is 2.59. The molecule has 5 nitrogen and oxygen atoms in total. The standard InChI is InChI=1S/C8H9Br2N5/c1-14-2-5(9)7(12-14)4-15-3-6(10)8(11)13-15/h2-3H,4H2,1H3,(H2,11,13). The lowest BCUT2D eigenvalue weighted by atomic mass is 10.4. The van der Waals surface area contributed by atoms with Gasteiger partial charge in [-0.1, -0.05) is 0 Å². The minimum Gasteiger partial charge on any atom is -0.381 e. The molecule has 0 spiro atoms. The summed E-state index contributed by atoms with van der Waals surface area (Å²) >= 11 is 6.74. The van der Waals surface area contributed by atoms with Gasteiger partial charge in [0.05, 0.1) is 21.2 Å². The highest BCUT2D eigenvalue weighted by atomic mass is 79.9. The van der Waals surface area contributed by atoms with Gasteiger partial charge in [-0.25, -0.2) is 0 Å². The topological polar surface area (TPSA) is 61.7 Å². The van der Waals surface area contributed by atoms with E-state index >= 15 is 0 Å². The van der Waals surface area contributed by atoms with Crippen LogP contribution in [0.2, 0.25) is 0 Å². The predicted molar refractivity (Wildman–Crippen MR) is 64.3 cm³/mol. The van der Waals surface area contributed by atoms with Crippen LogP contribution in [0.3, 0.4) is 0 Å². The van der Waals surface area contributed by atoms with Gasteiger partial charge in [-0.15, -0.1) is 0 Å². The average molecular weight is 335 g/mol. The molecule has 0 amide bonds. The van der Waals surface area contributed by atoms with Crippen molar-refractivity contribution < 1.29 is 0 Å². The summed E-state index contributed by atoms with van der Waals surface area (Å²) in [5, 5.41) is 8.43. The van der Waals surface area contributed by atoms with Crippen molar-refractivity contribution in [2.45, 2.75) is 6.54 Å². The second-order valence-corrected chi connectivity index (χ2v) is 4.87. The molecule has 2 N–H and O–H groups in total. The van der Waals surface area contributed by atoms with Crippen molar-refractivity contribution in [1.29, 1.82) is 0 Å². The lowest BCUT2D eigenvalue weighted by molar-refractivity contribution is 0.651. The zero-order chi connectivity index (χ0) is 11.0. The van der Waals surface area contributed by atoms with Gasteiger partial charge in [-0.2, -0.15) is 10.2 Å². The molecule has 0 aliphatic heterocycles. The molecule has 2 aromatic rings. The van der Waals surface area contributed by atoms with E-state index in [1.165, 1.54) is 0 Å². The third-order valence-corrected chi connectivity index (χ3v) is 3.18. The van der Waals surface area contributed by atoms with Crippen LogP contribution in [0, 0.1) is 0 Å². The van der Waals surface area contributed by atoms with Crippen LogP contribution in [-0.2, 0) is 13.6 Å². The van der Waals surface area contributed by atoms with Gasteiger partial charge in [0.25, 0.3) is 0 Å². The SMILES string of the molecule is Cn1cc(Br)c(Cn2cc(Br)c(N)n2)n1. The van der Waals surface area contributed by atoms with Gasteiger partial charge in [0.1, 0.15) is 0 Å². The van der Waals surface area contributed by atoms with E-state index in [2.05, 4.69) is 42.1 Å². The van der Waals surface area contributed by atoms with E-state index in [0.717, 1.165) is 14.6 Å². The quantitative estimate of drug-likeness (QED) is 0.910. The summed E-state index contributed by atoms with van der Waals surface area (Å²) in [6.45, 7) is 0.594. The molecular weight excluding hydrogens is 326 g/mol. The summed E-state index contributed by atoms with van der Waals surface area (Å²) in [6.07, 6.45) is 3.73. The number of nitrogen functional groups attached to an aromatic ring is 1. The Kier molecular flexibility index (Phi) is 2.83. The summed E-state index contributed by atoms with van der Waals surface area (Å²) in [4.78, 5) is 0. The van der Waals surface area contributed by atoms with E-state index in [0.29, 0.717) is 12.4 Å². The Morgan fingerprint density at radius 1 is 1.27 bits per heavy atom. The molecule has 0 bridgehead atoms. The minimum absolute atomic E-state index is 0.488. The van der Waals surface area contributed by atoms with Gasteiger partial charge in [0, 0.05) is 19.4 Å². The first kappa shape index (κ1) is 10.7. The fourth-order valence-electron chi connectivity index (χ4n) is 1.26. The minimum atomic E-state index is 0.488. The Morgan fingerprint density at radius 3 is 2.47 bits per heavy atom. The van der Waals surface area contributed by atoms with Gasteiger partial charge in [-0.3, -0.25) is 9.36 Å². The number of nitrogens with zero attached hydrogens (tertiary/aromatic N) is 4. The van der Waals surface area contributed by atoms with Crippen molar-refractivity contribution in [3.05, 3.63) is 27.0 Å². The number of aryl methyl sites for hydroxylation is 1. The molecular formula is C8H9Br2N5. The summed E-state index contributed by atoms with van der Waals surface area (Å²) in [5.74, 6) is 0.488. The van der Waals surface area contributed by atoms with E-state index in [4.69, 9.17) is 5.73 Å². The van der Waals surface area contributed by atoms with Gasteiger partial charge in [0.2, 0.25) is 0 Å². The van der Waals surface area contributed by atoms with Crippen molar-refractivity contribution in [1.82, 2.24) is 19.6 Å². The summed E-state index contributed by atoms with van der Waals surface area (Å²) in [7, 11) is 1.88. The van der Waals surface area contributed by atoms with Crippen LogP contribution in [0.15, 0.2) is 21.3 Å². The summed E-state index contributed by atoms with van der Waals surface area (Å²) in [5.41, 5.74) is 6.55. The highest BCUT2D eigenvalue weighted by Crippen LogP contribution is 2.19. The van der Waals surface area contributed by atoms with Crippen LogP contribution in [0.4, 0.5) is 5.82 Å². The number of hydrogen-bond acceptors (Lipinski definition) is 3. The molecule has 0 aromatic carbocycles. The van der Waals surface area contributed by atoms with Crippen LogP contribution in [0.25, 0.3) is 0 Å².